The van der Waals surface area contributed by atoms with Gasteiger partial charge in [0.05, 0.1) is 12.1 Å². The highest BCUT2D eigenvalue weighted by Crippen LogP contribution is 2.59. The number of nitrogens with zero attached hydrogens (tertiary/aromatic N) is 2. The maximum absolute atomic E-state index is 15.0. The summed E-state index contributed by atoms with van der Waals surface area (Å²) in [5.41, 5.74) is 14.0. The van der Waals surface area contributed by atoms with E-state index in [1.807, 2.05) is 13.0 Å². The molecular formula is C31H44Cl2N5O4+. The van der Waals surface area contributed by atoms with Gasteiger partial charge in [-0.3, -0.25) is 10.1 Å². The zero-order chi connectivity index (χ0) is 28.5. The molecule has 230 valence electrons. The summed E-state index contributed by atoms with van der Waals surface area (Å²) in [6, 6.07) is 9.98. The third-order valence-electron chi connectivity index (χ3n) is 9.78. The molecule has 3 fully saturated rings. The first-order valence-electron chi connectivity index (χ1n) is 14.7. The van der Waals surface area contributed by atoms with Crippen molar-refractivity contribution in [3.63, 3.8) is 0 Å². The first-order chi connectivity index (χ1) is 19.2. The number of hydrogen-bond acceptors (Lipinski definition) is 6. The molecule has 2 aromatic rings. The smallest absolute Gasteiger partial charge is 0.335 e. The normalized spacial score (nSPS) is 25.7. The highest BCUT2D eigenvalue weighted by Gasteiger charge is 2.76. The fraction of sp³-hybridized carbons (Fsp3) is 0.548. The van der Waals surface area contributed by atoms with Crippen molar-refractivity contribution < 1.29 is 24.0 Å². The van der Waals surface area contributed by atoms with Crippen molar-refractivity contribution in [2.24, 2.45) is 17.6 Å². The number of carbonyl (C=O) groups excluding carboxylic acids is 2. The van der Waals surface area contributed by atoms with Crippen LogP contribution in [0.1, 0.15) is 85.0 Å². The molecule has 1 aromatic carbocycles. The van der Waals surface area contributed by atoms with Crippen LogP contribution in [-0.2, 0) is 22.7 Å². The van der Waals surface area contributed by atoms with Crippen LogP contribution in [-0.4, -0.2) is 50.5 Å². The van der Waals surface area contributed by atoms with Gasteiger partial charge in [0, 0.05) is 30.1 Å². The van der Waals surface area contributed by atoms with E-state index in [4.69, 9.17) is 11.5 Å². The van der Waals surface area contributed by atoms with E-state index in [0.717, 1.165) is 42.5 Å². The monoisotopic (exact) mass is 620 g/mol. The number of carboxylic acids is 1. The number of fused-ring (bicyclic) bond motifs is 1. The number of carboxylic acid groups (broad SMARTS) is 1. The lowest BCUT2D eigenvalue weighted by atomic mass is 9.83. The number of aryl methyl sites for hydroxylation is 1. The number of likely N-dealkylation sites (tertiary alicyclic amines) is 1. The van der Waals surface area contributed by atoms with Gasteiger partial charge in [0.15, 0.2) is 5.54 Å². The van der Waals surface area contributed by atoms with Crippen LogP contribution in [0.15, 0.2) is 36.4 Å². The van der Waals surface area contributed by atoms with Crippen molar-refractivity contribution in [3.05, 3.63) is 58.8 Å². The summed E-state index contributed by atoms with van der Waals surface area (Å²) in [6.07, 6.45) is 8.90. The quantitative estimate of drug-likeness (QED) is 0.285. The van der Waals surface area contributed by atoms with Crippen LogP contribution in [0.4, 0.5) is 5.82 Å². The van der Waals surface area contributed by atoms with Crippen molar-refractivity contribution in [1.29, 1.82) is 0 Å². The number of nitrogen functional groups attached to an aromatic ring is 1. The molecule has 42 heavy (non-hydrogen) atoms. The Bertz CT molecular complexity index is 1290. The Morgan fingerprint density at radius 2 is 1.74 bits per heavy atom. The molecule has 5 rings (SSSR count). The van der Waals surface area contributed by atoms with Crippen LogP contribution in [0.5, 0.6) is 0 Å². The number of rotatable bonds is 10. The second-order valence-corrected chi connectivity index (χ2v) is 12.2. The van der Waals surface area contributed by atoms with E-state index in [1.54, 1.807) is 30.3 Å². The standard InChI is InChI=1S/C31H41N5O4.2ClH/c1-20-24(13-14-27(32)35-20)19-36(15-5-8-25-17-31(25,36)30(33)40)28(37)26(16-21-6-3-2-4-7-21)34-18-22-9-11-23(12-10-22)29(38)39;;/h9-14,21,25-26,34H,2-8,15-19H2,1H3,(H4-,32,33,35,38,39,40);2*1H/p+1/t25-,26-,31+,36?;;/m1../s1. The van der Waals surface area contributed by atoms with Crippen LogP contribution >= 0.6 is 24.8 Å². The summed E-state index contributed by atoms with van der Waals surface area (Å²) in [5.74, 6) is -0.336. The molecule has 0 bridgehead atoms. The predicted molar refractivity (Wildman–Crippen MR) is 166 cm³/mol. The Morgan fingerprint density at radius 3 is 2.36 bits per heavy atom. The Morgan fingerprint density at radius 1 is 1.05 bits per heavy atom. The highest BCUT2D eigenvalue weighted by molar-refractivity contribution is 5.91. The molecule has 2 amide bonds. The molecule has 1 aromatic heterocycles. The number of pyridine rings is 1. The van der Waals surface area contributed by atoms with Crippen molar-refractivity contribution in [2.75, 3.05) is 12.3 Å². The highest BCUT2D eigenvalue weighted by atomic mass is 35.5. The largest absolute Gasteiger partial charge is 0.478 e. The molecule has 2 aliphatic carbocycles. The van der Waals surface area contributed by atoms with Gasteiger partial charge >= 0.3 is 11.9 Å². The molecule has 1 saturated heterocycles. The summed E-state index contributed by atoms with van der Waals surface area (Å²) in [5, 5.41) is 12.8. The van der Waals surface area contributed by atoms with E-state index in [0.29, 0.717) is 44.2 Å². The number of piperidine rings is 1. The van der Waals surface area contributed by atoms with E-state index in [9.17, 15) is 19.5 Å². The van der Waals surface area contributed by atoms with Crippen LogP contribution < -0.4 is 16.8 Å². The van der Waals surface area contributed by atoms with Crippen molar-refractivity contribution in [2.45, 2.75) is 89.4 Å². The third-order valence-corrected chi connectivity index (χ3v) is 9.78. The lowest BCUT2D eigenvalue weighted by molar-refractivity contribution is -0.900. The van der Waals surface area contributed by atoms with Gasteiger partial charge in [-0.25, -0.2) is 19.1 Å². The summed E-state index contributed by atoms with van der Waals surface area (Å²) >= 11 is 0. The maximum atomic E-state index is 15.0. The van der Waals surface area contributed by atoms with Crippen molar-refractivity contribution in [1.82, 2.24) is 10.3 Å². The molecule has 1 unspecified atom stereocenters. The van der Waals surface area contributed by atoms with Gasteiger partial charge in [-0.2, -0.15) is 0 Å². The minimum atomic E-state index is -0.968. The number of amides is 2. The minimum Gasteiger partial charge on any atom is -0.478 e. The predicted octanol–water partition coefficient (Wildman–Crippen LogP) is 4.52. The second kappa shape index (κ2) is 13.7. The lowest BCUT2D eigenvalue weighted by Crippen LogP contribution is -2.71. The van der Waals surface area contributed by atoms with Crippen molar-refractivity contribution >= 4 is 48.4 Å². The number of nitrogens with one attached hydrogen (secondary N) is 1. The fourth-order valence-electron chi connectivity index (χ4n) is 7.51. The van der Waals surface area contributed by atoms with E-state index in [-0.39, 0.29) is 52.6 Å². The molecular weight excluding hydrogens is 577 g/mol. The van der Waals surface area contributed by atoms with Gasteiger partial charge in [0.1, 0.15) is 18.4 Å². The minimum absolute atomic E-state index is 0. The van der Waals surface area contributed by atoms with Crippen LogP contribution in [0.25, 0.3) is 0 Å². The van der Waals surface area contributed by atoms with Gasteiger partial charge in [-0.05, 0) is 61.9 Å². The number of quaternary nitrogens is 1. The zero-order valence-electron chi connectivity index (χ0n) is 24.2. The van der Waals surface area contributed by atoms with E-state index in [1.165, 1.54) is 19.3 Å². The topological polar surface area (TPSA) is 148 Å². The molecule has 2 saturated carbocycles. The third kappa shape index (κ3) is 6.44. The molecule has 3 aliphatic rings. The Balaban J connectivity index is 0.00000242. The Kier molecular flexibility index (Phi) is 11.0. The molecule has 0 spiro atoms. The van der Waals surface area contributed by atoms with Crippen LogP contribution in [0, 0.1) is 18.8 Å². The van der Waals surface area contributed by atoms with Gasteiger partial charge in [-0.1, -0.05) is 44.2 Å². The fourth-order valence-corrected chi connectivity index (χ4v) is 7.51. The number of primary amides is 1. The van der Waals surface area contributed by atoms with Crippen LogP contribution in [0.3, 0.4) is 0 Å². The Hall–Kier alpha value is -2.72. The molecule has 0 radical (unpaired) electrons. The first-order valence-corrected chi connectivity index (χ1v) is 14.7. The number of aromatic carboxylic acids is 1. The maximum Gasteiger partial charge on any atom is 0.335 e. The van der Waals surface area contributed by atoms with Gasteiger partial charge in [0.25, 0.3) is 5.91 Å². The molecule has 6 N–H and O–H groups in total. The Labute approximate surface area is 260 Å². The number of anilines is 1. The van der Waals surface area contributed by atoms with Crippen molar-refractivity contribution in [3.8, 4) is 0 Å². The number of aromatic nitrogens is 1. The number of carbonyl (C=O) groups is 3. The summed E-state index contributed by atoms with van der Waals surface area (Å²) in [6.45, 7) is 3.26. The molecule has 11 heteroatoms. The van der Waals surface area contributed by atoms with E-state index in [2.05, 4.69) is 10.3 Å². The number of benzene rings is 1. The number of nitrogens with two attached hydrogens (primary N) is 2. The second-order valence-electron chi connectivity index (χ2n) is 12.2. The van der Waals surface area contributed by atoms with Crippen LogP contribution in [0.2, 0.25) is 0 Å². The average molecular weight is 622 g/mol. The first kappa shape index (κ1) is 33.8. The molecule has 1 aliphatic heterocycles. The summed E-state index contributed by atoms with van der Waals surface area (Å²) < 4.78 is 0.0295. The summed E-state index contributed by atoms with van der Waals surface area (Å²) in [7, 11) is 0. The molecule has 4 atom stereocenters. The SMILES string of the molecule is Cc1nc(N)ccc1C[N+]1(C(=O)[C@@H](CC2CCCCC2)NCc2ccc(C(=O)O)cc2)CCC[C@@H]2C[C@@]21C(N)=O.Cl.Cl. The van der Waals surface area contributed by atoms with E-state index < -0.39 is 17.6 Å². The number of halogens is 2. The van der Waals surface area contributed by atoms with Gasteiger partial charge in [0.2, 0.25) is 0 Å². The zero-order valence-corrected chi connectivity index (χ0v) is 25.9. The molecule has 2 heterocycles. The number of hydrogen-bond donors (Lipinski definition) is 4. The average Bonchev–Trinajstić information content (AvgIpc) is 3.70. The lowest BCUT2D eigenvalue weighted by Gasteiger charge is -2.46. The van der Waals surface area contributed by atoms with Gasteiger partial charge < -0.3 is 16.6 Å². The molecule has 9 nitrogen and oxygen atoms in total. The van der Waals surface area contributed by atoms with E-state index >= 15 is 0 Å². The summed E-state index contributed by atoms with van der Waals surface area (Å²) in [4.78, 5) is 43.9. The van der Waals surface area contributed by atoms with Gasteiger partial charge in [-0.15, -0.1) is 24.8 Å².